The number of methoxy groups -OCH3 is 1. The van der Waals surface area contributed by atoms with E-state index in [0.29, 0.717) is 0 Å². The quantitative estimate of drug-likeness (QED) is 0.823. The van der Waals surface area contributed by atoms with Gasteiger partial charge in [-0.3, -0.25) is 0 Å². The summed E-state index contributed by atoms with van der Waals surface area (Å²) in [7, 11) is 1.69. The Morgan fingerprint density at radius 1 is 1.10 bits per heavy atom. The topological polar surface area (TPSA) is 30.5 Å². The molecule has 1 aromatic carbocycles. The van der Waals surface area contributed by atoms with Crippen LogP contribution in [0.5, 0.6) is 5.75 Å². The van der Waals surface area contributed by atoms with Crippen LogP contribution in [0.15, 0.2) is 24.3 Å². The van der Waals surface area contributed by atoms with Crippen molar-refractivity contribution in [3.63, 3.8) is 0 Å². The van der Waals surface area contributed by atoms with Gasteiger partial charge in [-0.1, -0.05) is 39.8 Å². The van der Waals surface area contributed by atoms with E-state index < -0.39 is 0 Å². The minimum Gasteiger partial charge on any atom is -0.497 e. The summed E-state index contributed by atoms with van der Waals surface area (Å²) in [4.78, 5) is 0. The number of rotatable bonds is 7. The summed E-state index contributed by atoms with van der Waals surface area (Å²) in [6.07, 6.45) is 0.126. The molecule has 0 saturated carbocycles. The second-order valence-corrected chi connectivity index (χ2v) is 6.05. The monoisotopic (exact) mass is 279 g/mol. The molecule has 1 aromatic rings. The molecule has 0 aliphatic rings. The van der Waals surface area contributed by atoms with Gasteiger partial charge in [0.2, 0.25) is 0 Å². The van der Waals surface area contributed by atoms with Gasteiger partial charge in [0.25, 0.3) is 0 Å². The Morgan fingerprint density at radius 2 is 1.70 bits per heavy atom. The van der Waals surface area contributed by atoms with Crippen molar-refractivity contribution in [2.24, 2.45) is 5.41 Å². The van der Waals surface area contributed by atoms with Crippen LogP contribution in [0.4, 0.5) is 0 Å². The fraction of sp³-hybridized carbons (Fsp3) is 0.647. The molecule has 2 atom stereocenters. The summed E-state index contributed by atoms with van der Waals surface area (Å²) in [6.45, 7) is 12.5. The van der Waals surface area contributed by atoms with Gasteiger partial charge in [-0.05, 0) is 36.6 Å². The zero-order valence-corrected chi connectivity index (χ0v) is 13.7. The minimum absolute atomic E-state index is 0.0722. The molecule has 2 unspecified atom stereocenters. The lowest BCUT2D eigenvalue weighted by Crippen LogP contribution is -2.42. The van der Waals surface area contributed by atoms with Crippen LogP contribution >= 0.6 is 0 Å². The van der Waals surface area contributed by atoms with Crippen LogP contribution in [0.2, 0.25) is 0 Å². The van der Waals surface area contributed by atoms with Gasteiger partial charge in [0.1, 0.15) is 5.75 Å². The number of ether oxygens (including phenoxy) is 2. The van der Waals surface area contributed by atoms with Crippen molar-refractivity contribution < 1.29 is 9.47 Å². The highest BCUT2D eigenvalue weighted by Gasteiger charge is 2.33. The summed E-state index contributed by atoms with van der Waals surface area (Å²) in [5.74, 6) is 0.882. The zero-order chi connectivity index (χ0) is 15.2. The highest BCUT2D eigenvalue weighted by atomic mass is 16.5. The standard InChI is InChI=1S/C17H29NO2/c1-7-18-15(16(20-8-2)17(3,4)5)13-9-11-14(19-6)12-10-13/h9-12,15-16,18H,7-8H2,1-6H3. The molecule has 0 aliphatic heterocycles. The third kappa shape index (κ3) is 4.50. The lowest BCUT2D eigenvalue weighted by molar-refractivity contribution is -0.0363. The maximum atomic E-state index is 6.04. The lowest BCUT2D eigenvalue weighted by Gasteiger charge is -2.37. The first kappa shape index (κ1) is 17.0. The first-order valence-corrected chi connectivity index (χ1v) is 7.43. The van der Waals surface area contributed by atoms with E-state index in [4.69, 9.17) is 9.47 Å². The fourth-order valence-corrected chi connectivity index (χ4v) is 2.46. The number of hydrogen-bond donors (Lipinski definition) is 1. The summed E-state index contributed by atoms with van der Waals surface area (Å²) in [5, 5.41) is 3.56. The van der Waals surface area contributed by atoms with Gasteiger partial charge in [-0.15, -0.1) is 0 Å². The molecule has 114 valence electrons. The minimum atomic E-state index is 0.0722. The predicted octanol–water partition coefficient (Wildman–Crippen LogP) is 3.80. The van der Waals surface area contributed by atoms with E-state index in [1.54, 1.807) is 7.11 Å². The van der Waals surface area contributed by atoms with Gasteiger partial charge in [0.05, 0.1) is 19.3 Å². The molecular weight excluding hydrogens is 250 g/mol. The molecule has 20 heavy (non-hydrogen) atoms. The molecule has 0 fully saturated rings. The number of nitrogens with one attached hydrogen (secondary N) is 1. The molecule has 0 amide bonds. The summed E-state index contributed by atoms with van der Waals surface area (Å²) < 4.78 is 11.3. The molecule has 1 rings (SSSR count). The van der Waals surface area contributed by atoms with E-state index in [1.165, 1.54) is 5.56 Å². The number of hydrogen-bond acceptors (Lipinski definition) is 3. The van der Waals surface area contributed by atoms with Crippen molar-refractivity contribution in [3.8, 4) is 5.75 Å². The number of likely N-dealkylation sites (N-methyl/N-ethyl adjacent to an activating group) is 1. The normalized spacial score (nSPS) is 14.9. The van der Waals surface area contributed by atoms with Gasteiger partial charge >= 0.3 is 0 Å². The third-order valence-electron chi connectivity index (χ3n) is 3.40. The van der Waals surface area contributed by atoms with Crippen LogP contribution in [0.25, 0.3) is 0 Å². The van der Waals surface area contributed by atoms with Crippen molar-refractivity contribution in [1.82, 2.24) is 5.32 Å². The second kappa shape index (κ2) is 7.65. The molecule has 0 aliphatic carbocycles. The largest absolute Gasteiger partial charge is 0.497 e. The van der Waals surface area contributed by atoms with E-state index in [0.717, 1.165) is 18.9 Å². The van der Waals surface area contributed by atoms with E-state index in [1.807, 2.05) is 12.1 Å². The molecule has 0 heterocycles. The van der Waals surface area contributed by atoms with Crippen LogP contribution in [0.3, 0.4) is 0 Å². The molecule has 3 heteroatoms. The molecule has 0 bridgehead atoms. The van der Waals surface area contributed by atoms with Crippen LogP contribution in [0, 0.1) is 5.41 Å². The Kier molecular flexibility index (Phi) is 6.50. The van der Waals surface area contributed by atoms with E-state index in [2.05, 4.69) is 52.1 Å². The lowest BCUT2D eigenvalue weighted by atomic mass is 9.82. The SMILES string of the molecule is CCNC(c1ccc(OC)cc1)C(OCC)C(C)(C)C. The van der Waals surface area contributed by atoms with E-state index in [9.17, 15) is 0 Å². The molecule has 1 N–H and O–H groups in total. The fourth-order valence-electron chi connectivity index (χ4n) is 2.46. The van der Waals surface area contributed by atoms with Crippen molar-refractivity contribution in [2.45, 2.75) is 46.8 Å². The van der Waals surface area contributed by atoms with Crippen LogP contribution < -0.4 is 10.1 Å². The second-order valence-electron chi connectivity index (χ2n) is 6.05. The Bertz CT molecular complexity index is 381. The van der Waals surface area contributed by atoms with Crippen molar-refractivity contribution in [2.75, 3.05) is 20.3 Å². The summed E-state index contributed by atoms with van der Waals surface area (Å²) >= 11 is 0. The maximum Gasteiger partial charge on any atom is 0.118 e. The Labute approximate surface area is 123 Å². The number of benzene rings is 1. The Balaban J connectivity index is 3.05. The average Bonchev–Trinajstić information content (AvgIpc) is 2.42. The maximum absolute atomic E-state index is 6.04. The molecule has 0 aromatic heterocycles. The first-order valence-electron chi connectivity index (χ1n) is 7.43. The van der Waals surface area contributed by atoms with Gasteiger partial charge in [0.15, 0.2) is 0 Å². The van der Waals surface area contributed by atoms with E-state index >= 15 is 0 Å². The van der Waals surface area contributed by atoms with Crippen LogP contribution in [-0.4, -0.2) is 26.4 Å². The van der Waals surface area contributed by atoms with Crippen molar-refractivity contribution >= 4 is 0 Å². The molecule has 3 nitrogen and oxygen atoms in total. The highest BCUT2D eigenvalue weighted by Crippen LogP contribution is 2.33. The van der Waals surface area contributed by atoms with Crippen LogP contribution in [-0.2, 0) is 4.74 Å². The summed E-state index contributed by atoms with van der Waals surface area (Å²) in [6, 6.07) is 8.43. The van der Waals surface area contributed by atoms with Crippen molar-refractivity contribution in [1.29, 1.82) is 0 Å². The van der Waals surface area contributed by atoms with Gasteiger partial charge in [-0.2, -0.15) is 0 Å². The molecule has 0 saturated heterocycles. The zero-order valence-electron chi connectivity index (χ0n) is 13.7. The van der Waals surface area contributed by atoms with Crippen molar-refractivity contribution in [3.05, 3.63) is 29.8 Å². The van der Waals surface area contributed by atoms with Gasteiger partial charge in [0, 0.05) is 6.61 Å². The first-order chi connectivity index (χ1) is 9.43. The van der Waals surface area contributed by atoms with Gasteiger partial charge in [-0.25, -0.2) is 0 Å². The van der Waals surface area contributed by atoms with Gasteiger partial charge < -0.3 is 14.8 Å². The van der Waals surface area contributed by atoms with E-state index in [-0.39, 0.29) is 17.6 Å². The predicted molar refractivity (Wildman–Crippen MR) is 84.3 cm³/mol. The molecular formula is C17H29NO2. The smallest absolute Gasteiger partial charge is 0.118 e. The van der Waals surface area contributed by atoms with Crippen LogP contribution in [0.1, 0.15) is 46.2 Å². The Hall–Kier alpha value is -1.06. The summed E-state index contributed by atoms with van der Waals surface area (Å²) in [5.41, 5.74) is 1.31. The molecule has 0 spiro atoms. The third-order valence-corrected chi connectivity index (χ3v) is 3.40. The highest BCUT2D eigenvalue weighted by molar-refractivity contribution is 5.30. The Morgan fingerprint density at radius 3 is 2.10 bits per heavy atom. The molecule has 0 radical (unpaired) electrons. The average molecular weight is 279 g/mol.